The number of rotatable bonds is 8. The largest absolute Gasteiger partial charge is 0.383 e. The number of ether oxygens (including phenoxy) is 1. The Morgan fingerprint density at radius 3 is 2.28 bits per heavy atom. The lowest BCUT2D eigenvalue weighted by molar-refractivity contribution is -0.131. The Morgan fingerprint density at radius 1 is 1.06 bits per heavy atom. The van der Waals surface area contributed by atoms with Crippen LogP contribution in [0.5, 0.6) is 0 Å². The van der Waals surface area contributed by atoms with Gasteiger partial charge in [-0.3, -0.25) is 9.59 Å². The molecule has 0 aromatic carbocycles. The third-order valence-corrected chi connectivity index (χ3v) is 2.20. The van der Waals surface area contributed by atoms with E-state index in [0.717, 1.165) is 6.54 Å². The standard InChI is InChI=1S/C12H25N3O3/c1-12(2,3)11(17)15-9-10(16)14-6-5-13-7-8-18-4/h13H,5-9H2,1-4H3,(H,14,16)(H,15,17). The van der Waals surface area contributed by atoms with Gasteiger partial charge in [-0.15, -0.1) is 0 Å². The van der Waals surface area contributed by atoms with Gasteiger partial charge in [-0.05, 0) is 0 Å². The quantitative estimate of drug-likeness (QED) is 0.514. The van der Waals surface area contributed by atoms with Crippen LogP contribution in [-0.4, -0.2) is 51.7 Å². The Kier molecular flexibility index (Phi) is 8.32. The first-order valence-electron chi connectivity index (χ1n) is 6.12. The fourth-order valence-electron chi connectivity index (χ4n) is 1.08. The average Bonchev–Trinajstić information content (AvgIpc) is 2.29. The topological polar surface area (TPSA) is 79.5 Å². The number of methoxy groups -OCH3 is 1. The molecule has 106 valence electrons. The normalized spacial score (nSPS) is 11.1. The first-order valence-corrected chi connectivity index (χ1v) is 6.12. The van der Waals surface area contributed by atoms with E-state index < -0.39 is 5.41 Å². The van der Waals surface area contributed by atoms with Crippen LogP contribution in [0.1, 0.15) is 20.8 Å². The number of nitrogens with one attached hydrogen (secondary N) is 3. The maximum atomic E-state index is 11.5. The third kappa shape index (κ3) is 8.95. The lowest BCUT2D eigenvalue weighted by atomic mass is 9.96. The molecule has 0 atom stereocenters. The van der Waals surface area contributed by atoms with E-state index in [4.69, 9.17) is 4.74 Å². The highest BCUT2D eigenvalue weighted by atomic mass is 16.5. The van der Waals surface area contributed by atoms with Gasteiger partial charge in [0.05, 0.1) is 13.2 Å². The summed E-state index contributed by atoms with van der Waals surface area (Å²) in [5.74, 6) is -0.308. The molecule has 6 nitrogen and oxygen atoms in total. The zero-order chi connectivity index (χ0) is 14.0. The summed E-state index contributed by atoms with van der Waals surface area (Å²) >= 11 is 0. The fraction of sp³-hybridized carbons (Fsp3) is 0.833. The molecule has 0 unspecified atom stereocenters. The predicted molar refractivity (Wildman–Crippen MR) is 70.2 cm³/mol. The maximum Gasteiger partial charge on any atom is 0.239 e. The van der Waals surface area contributed by atoms with Gasteiger partial charge in [-0.25, -0.2) is 0 Å². The number of hydrogen-bond donors (Lipinski definition) is 3. The molecule has 0 saturated heterocycles. The lowest BCUT2D eigenvalue weighted by Gasteiger charge is -2.17. The summed E-state index contributed by atoms with van der Waals surface area (Å²) in [5, 5.41) is 8.41. The Bertz CT molecular complexity index is 262. The Hall–Kier alpha value is -1.14. The molecular formula is C12H25N3O3. The van der Waals surface area contributed by atoms with Gasteiger partial charge < -0.3 is 20.7 Å². The van der Waals surface area contributed by atoms with Crippen LogP contribution in [-0.2, 0) is 14.3 Å². The molecule has 0 aliphatic heterocycles. The van der Waals surface area contributed by atoms with Crippen LogP contribution in [0.3, 0.4) is 0 Å². The molecule has 0 aromatic heterocycles. The molecule has 3 N–H and O–H groups in total. The van der Waals surface area contributed by atoms with Gasteiger partial charge in [0.2, 0.25) is 11.8 Å². The molecule has 0 aliphatic rings. The van der Waals surface area contributed by atoms with E-state index in [2.05, 4.69) is 16.0 Å². The summed E-state index contributed by atoms with van der Waals surface area (Å²) in [6.07, 6.45) is 0. The molecule has 0 aliphatic carbocycles. The maximum absolute atomic E-state index is 11.5. The van der Waals surface area contributed by atoms with Crippen LogP contribution in [0, 0.1) is 5.41 Å². The molecular weight excluding hydrogens is 234 g/mol. The third-order valence-electron chi connectivity index (χ3n) is 2.20. The van der Waals surface area contributed by atoms with Crippen LogP contribution in [0.4, 0.5) is 0 Å². The van der Waals surface area contributed by atoms with E-state index in [9.17, 15) is 9.59 Å². The van der Waals surface area contributed by atoms with Crippen molar-refractivity contribution in [3.05, 3.63) is 0 Å². The van der Waals surface area contributed by atoms with Gasteiger partial charge in [0, 0.05) is 32.2 Å². The van der Waals surface area contributed by atoms with Crippen LogP contribution in [0.25, 0.3) is 0 Å². The van der Waals surface area contributed by atoms with Crippen LogP contribution in [0.15, 0.2) is 0 Å². The van der Waals surface area contributed by atoms with Crippen LogP contribution in [0.2, 0.25) is 0 Å². The highest BCUT2D eigenvalue weighted by Gasteiger charge is 2.21. The Morgan fingerprint density at radius 2 is 1.72 bits per heavy atom. The van der Waals surface area contributed by atoms with Crippen molar-refractivity contribution < 1.29 is 14.3 Å². The Labute approximate surface area is 109 Å². The summed E-state index contributed by atoms with van der Waals surface area (Å²) in [6.45, 7) is 8.06. The number of carbonyl (C=O) groups is 2. The Balaban J connectivity index is 3.52. The highest BCUT2D eigenvalue weighted by molar-refractivity contribution is 5.87. The predicted octanol–water partition coefficient (Wildman–Crippen LogP) is -0.499. The summed E-state index contributed by atoms with van der Waals surface area (Å²) < 4.78 is 4.87. The van der Waals surface area contributed by atoms with Crippen molar-refractivity contribution >= 4 is 11.8 Å². The van der Waals surface area contributed by atoms with Crippen molar-refractivity contribution in [2.24, 2.45) is 5.41 Å². The summed E-state index contributed by atoms with van der Waals surface area (Å²) in [4.78, 5) is 22.9. The minimum atomic E-state index is -0.470. The molecule has 0 radical (unpaired) electrons. The summed E-state index contributed by atoms with van der Waals surface area (Å²) in [7, 11) is 1.64. The lowest BCUT2D eigenvalue weighted by Crippen LogP contribution is -2.43. The van der Waals surface area contributed by atoms with Gasteiger partial charge in [0.1, 0.15) is 0 Å². The van der Waals surface area contributed by atoms with Crippen molar-refractivity contribution in [1.29, 1.82) is 0 Å². The highest BCUT2D eigenvalue weighted by Crippen LogP contribution is 2.11. The van der Waals surface area contributed by atoms with Crippen molar-refractivity contribution in [2.75, 3.05) is 39.9 Å². The second-order valence-electron chi connectivity index (χ2n) is 5.03. The number of amides is 2. The second kappa shape index (κ2) is 8.88. The molecule has 0 aromatic rings. The zero-order valence-corrected chi connectivity index (χ0v) is 11.8. The van der Waals surface area contributed by atoms with Crippen LogP contribution >= 0.6 is 0 Å². The molecule has 0 fully saturated rings. The number of hydrogen-bond acceptors (Lipinski definition) is 4. The monoisotopic (exact) mass is 259 g/mol. The van der Waals surface area contributed by atoms with E-state index in [1.54, 1.807) is 27.9 Å². The SMILES string of the molecule is COCCNCCNC(=O)CNC(=O)C(C)(C)C. The molecule has 2 amide bonds. The minimum Gasteiger partial charge on any atom is -0.383 e. The van der Waals surface area contributed by atoms with Gasteiger partial charge >= 0.3 is 0 Å². The van der Waals surface area contributed by atoms with E-state index >= 15 is 0 Å². The number of carbonyl (C=O) groups excluding carboxylic acids is 2. The smallest absolute Gasteiger partial charge is 0.239 e. The van der Waals surface area contributed by atoms with E-state index in [1.165, 1.54) is 0 Å². The minimum absolute atomic E-state index is 0.0220. The van der Waals surface area contributed by atoms with Crippen molar-refractivity contribution in [1.82, 2.24) is 16.0 Å². The summed E-state index contributed by atoms with van der Waals surface area (Å²) in [5.41, 5.74) is -0.470. The molecule has 0 heterocycles. The van der Waals surface area contributed by atoms with Gasteiger partial charge in [-0.2, -0.15) is 0 Å². The van der Waals surface area contributed by atoms with Crippen LogP contribution < -0.4 is 16.0 Å². The molecule has 0 rings (SSSR count). The molecule has 0 bridgehead atoms. The van der Waals surface area contributed by atoms with E-state index in [-0.39, 0.29) is 18.4 Å². The van der Waals surface area contributed by atoms with Gasteiger partial charge in [-0.1, -0.05) is 20.8 Å². The molecule has 18 heavy (non-hydrogen) atoms. The fourth-order valence-corrected chi connectivity index (χ4v) is 1.08. The van der Waals surface area contributed by atoms with Crippen molar-refractivity contribution in [2.45, 2.75) is 20.8 Å². The van der Waals surface area contributed by atoms with E-state index in [0.29, 0.717) is 19.7 Å². The summed E-state index contributed by atoms with van der Waals surface area (Å²) in [6, 6.07) is 0. The zero-order valence-electron chi connectivity index (χ0n) is 11.8. The molecule has 0 saturated carbocycles. The first-order chi connectivity index (χ1) is 8.38. The average molecular weight is 259 g/mol. The second-order valence-corrected chi connectivity index (χ2v) is 5.03. The molecule has 0 spiro atoms. The molecule has 6 heteroatoms. The van der Waals surface area contributed by atoms with Crippen molar-refractivity contribution in [3.63, 3.8) is 0 Å². The van der Waals surface area contributed by atoms with Crippen molar-refractivity contribution in [3.8, 4) is 0 Å². The van der Waals surface area contributed by atoms with Gasteiger partial charge in [0.15, 0.2) is 0 Å². The van der Waals surface area contributed by atoms with E-state index in [1.807, 2.05) is 0 Å². The van der Waals surface area contributed by atoms with Gasteiger partial charge in [0.25, 0.3) is 0 Å². The first kappa shape index (κ1) is 16.9.